The lowest BCUT2D eigenvalue weighted by Crippen LogP contribution is -2.14. The Hall–Kier alpha value is -0.870. The standard InChI is InChI=1S/C6H9ClN4/c7-5-3-10-6(11-4-5)9-2-1-8/h3-4H,1-2,8H2,(H,9,10,11). The van der Waals surface area contributed by atoms with Gasteiger partial charge in [0.1, 0.15) is 0 Å². The van der Waals surface area contributed by atoms with Crippen LogP contribution in [0, 0.1) is 0 Å². The molecule has 1 aromatic heterocycles. The fourth-order valence-electron chi connectivity index (χ4n) is 0.588. The summed E-state index contributed by atoms with van der Waals surface area (Å²) in [6, 6.07) is 0. The summed E-state index contributed by atoms with van der Waals surface area (Å²) >= 11 is 5.57. The molecule has 60 valence electrons. The van der Waals surface area contributed by atoms with E-state index in [0.29, 0.717) is 24.1 Å². The van der Waals surface area contributed by atoms with E-state index in [4.69, 9.17) is 17.3 Å². The van der Waals surface area contributed by atoms with Crippen LogP contribution in [0.3, 0.4) is 0 Å². The Bertz CT molecular complexity index is 210. The van der Waals surface area contributed by atoms with Gasteiger partial charge in [-0.25, -0.2) is 9.97 Å². The van der Waals surface area contributed by atoms with E-state index >= 15 is 0 Å². The molecule has 1 aromatic rings. The average molecular weight is 173 g/mol. The van der Waals surface area contributed by atoms with Gasteiger partial charge >= 0.3 is 0 Å². The molecule has 0 radical (unpaired) electrons. The summed E-state index contributed by atoms with van der Waals surface area (Å²) < 4.78 is 0. The van der Waals surface area contributed by atoms with Crippen LogP contribution >= 0.6 is 11.6 Å². The second-order valence-corrected chi connectivity index (χ2v) is 2.38. The highest BCUT2D eigenvalue weighted by Crippen LogP contribution is 2.04. The quantitative estimate of drug-likeness (QED) is 0.697. The third-order valence-corrected chi connectivity index (χ3v) is 1.24. The largest absolute Gasteiger partial charge is 0.353 e. The Morgan fingerprint density at radius 1 is 1.45 bits per heavy atom. The third-order valence-electron chi connectivity index (χ3n) is 1.05. The van der Waals surface area contributed by atoms with E-state index in [-0.39, 0.29) is 0 Å². The first kappa shape index (κ1) is 8.23. The van der Waals surface area contributed by atoms with Crippen LogP contribution in [0.1, 0.15) is 0 Å². The number of aromatic nitrogens is 2. The van der Waals surface area contributed by atoms with Crippen LogP contribution in [0.15, 0.2) is 12.4 Å². The van der Waals surface area contributed by atoms with Crippen molar-refractivity contribution in [3.63, 3.8) is 0 Å². The van der Waals surface area contributed by atoms with Gasteiger partial charge in [0.05, 0.1) is 17.4 Å². The van der Waals surface area contributed by atoms with Crippen LogP contribution < -0.4 is 11.1 Å². The number of rotatable bonds is 3. The molecule has 0 saturated heterocycles. The molecule has 5 heteroatoms. The second-order valence-electron chi connectivity index (χ2n) is 1.94. The van der Waals surface area contributed by atoms with Gasteiger partial charge in [-0.15, -0.1) is 0 Å². The van der Waals surface area contributed by atoms with E-state index < -0.39 is 0 Å². The minimum absolute atomic E-state index is 0.531. The zero-order chi connectivity index (χ0) is 8.10. The lowest BCUT2D eigenvalue weighted by molar-refractivity contribution is 0.989. The molecule has 0 saturated carbocycles. The number of nitrogens with zero attached hydrogens (tertiary/aromatic N) is 2. The van der Waals surface area contributed by atoms with E-state index in [1.165, 1.54) is 12.4 Å². The van der Waals surface area contributed by atoms with Gasteiger partial charge in [-0.2, -0.15) is 0 Å². The molecule has 0 bridgehead atoms. The molecule has 0 fully saturated rings. The maximum Gasteiger partial charge on any atom is 0.222 e. The van der Waals surface area contributed by atoms with Crippen molar-refractivity contribution < 1.29 is 0 Å². The van der Waals surface area contributed by atoms with Crippen molar-refractivity contribution >= 4 is 17.5 Å². The fraction of sp³-hybridized carbons (Fsp3) is 0.333. The predicted molar refractivity (Wildman–Crippen MR) is 44.6 cm³/mol. The molecule has 4 nitrogen and oxygen atoms in total. The van der Waals surface area contributed by atoms with Crippen LogP contribution in [-0.4, -0.2) is 23.1 Å². The van der Waals surface area contributed by atoms with Crippen LogP contribution in [0.2, 0.25) is 5.02 Å². The smallest absolute Gasteiger partial charge is 0.222 e. The second kappa shape index (κ2) is 4.10. The first-order chi connectivity index (χ1) is 5.33. The molecule has 0 amide bonds. The van der Waals surface area contributed by atoms with Gasteiger partial charge in [0.15, 0.2) is 0 Å². The van der Waals surface area contributed by atoms with Crippen LogP contribution in [0.5, 0.6) is 0 Å². The molecule has 1 heterocycles. The molecule has 0 aromatic carbocycles. The number of hydrogen-bond acceptors (Lipinski definition) is 4. The lowest BCUT2D eigenvalue weighted by atomic mass is 10.6. The van der Waals surface area contributed by atoms with Crippen molar-refractivity contribution in [2.45, 2.75) is 0 Å². The third kappa shape index (κ3) is 2.69. The van der Waals surface area contributed by atoms with Crippen molar-refractivity contribution in [1.29, 1.82) is 0 Å². The Labute approximate surface area is 69.8 Å². The van der Waals surface area contributed by atoms with Gasteiger partial charge in [-0.1, -0.05) is 11.6 Å². The van der Waals surface area contributed by atoms with Crippen molar-refractivity contribution in [2.24, 2.45) is 5.73 Å². The van der Waals surface area contributed by atoms with Crippen molar-refractivity contribution in [1.82, 2.24) is 9.97 Å². The van der Waals surface area contributed by atoms with Crippen molar-refractivity contribution in [3.05, 3.63) is 17.4 Å². The number of anilines is 1. The monoisotopic (exact) mass is 172 g/mol. The molecule has 0 unspecified atom stereocenters. The highest BCUT2D eigenvalue weighted by Gasteiger charge is 1.92. The molecule has 1 rings (SSSR count). The van der Waals surface area contributed by atoms with Gasteiger partial charge in [0.25, 0.3) is 0 Å². The van der Waals surface area contributed by atoms with Crippen molar-refractivity contribution in [3.8, 4) is 0 Å². The van der Waals surface area contributed by atoms with E-state index in [2.05, 4.69) is 15.3 Å². The summed E-state index contributed by atoms with van der Waals surface area (Å²) in [5.74, 6) is 0.555. The van der Waals surface area contributed by atoms with Crippen LogP contribution in [-0.2, 0) is 0 Å². The molecule has 0 aliphatic heterocycles. The molecule has 0 aliphatic carbocycles. The Morgan fingerprint density at radius 3 is 2.64 bits per heavy atom. The summed E-state index contributed by atoms with van der Waals surface area (Å²) in [5.41, 5.74) is 5.26. The highest BCUT2D eigenvalue weighted by molar-refractivity contribution is 6.30. The number of nitrogens with two attached hydrogens (primary N) is 1. The minimum Gasteiger partial charge on any atom is -0.353 e. The average Bonchev–Trinajstić information content (AvgIpc) is 2.04. The van der Waals surface area contributed by atoms with E-state index in [1.54, 1.807) is 0 Å². The zero-order valence-corrected chi connectivity index (χ0v) is 6.67. The SMILES string of the molecule is NCCNc1ncc(Cl)cn1. The van der Waals surface area contributed by atoms with Gasteiger partial charge < -0.3 is 11.1 Å². The number of hydrogen-bond donors (Lipinski definition) is 2. The first-order valence-electron chi connectivity index (χ1n) is 3.24. The summed E-state index contributed by atoms with van der Waals surface area (Å²) in [5, 5.41) is 3.45. The maximum atomic E-state index is 5.57. The minimum atomic E-state index is 0.531. The molecular weight excluding hydrogens is 164 g/mol. The highest BCUT2D eigenvalue weighted by atomic mass is 35.5. The van der Waals surface area contributed by atoms with Gasteiger partial charge in [0, 0.05) is 13.1 Å². The topological polar surface area (TPSA) is 63.8 Å². The summed E-state index contributed by atoms with van der Waals surface area (Å²) in [7, 11) is 0. The Balaban J connectivity index is 2.52. The van der Waals surface area contributed by atoms with E-state index in [0.717, 1.165) is 0 Å². The lowest BCUT2D eigenvalue weighted by Gasteiger charge is -2.00. The van der Waals surface area contributed by atoms with E-state index in [1.807, 2.05) is 0 Å². The van der Waals surface area contributed by atoms with Gasteiger partial charge in [-0.05, 0) is 0 Å². The fourth-order valence-corrected chi connectivity index (χ4v) is 0.685. The predicted octanol–water partition coefficient (Wildman–Crippen LogP) is 0.501. The molecule has 3 N–H and O–H groups in total. The Morgan fingerprint density at radius 2 is 2.09 bits per heavy atom. The van der Waals surface area contributed by atoms with Gasteiger partial charge in [-0.3, -0.25) is 0 Å². The van der Waals surface area contributed by atoms with Crippen LogP contribution in [0.4, 0.5) is 5.95 Å². The number of halogens is 1. The maximum absolute atomic E-state index is 5.57. The summed E-state index contributed by atoms with van der Waals surface area (Å²) in [6.07, 6.45) is 3.07. The van der Waals surface area contributed by atoms with E-state index in [9.17, 15) is 0 Å². The zero-order valence-electron chi connectivity index (χ0n) is 5.92. The normalized spacial score (nSPS) is 9.64. The Kier molecular flexibility index (Phi) is 3.07. The van der Waals surface area contributed by atoms with Crippen LogP contribution in [0.25, 0.3) is 0 Å². The molecular formula is C6H9ClN4. The van der Waals surface area contributed by atoms with Gasteiger partial charge in [0.2, 0.25) is 5.95 Å². The number of nitrogens with one attached hydrogen (secondary N) is 1. The summed E-state index contributed by atoms with van der Waals surface area (Å²) in [6.45, 7) is 1.23. The molecule has 11 heavy (non-hydrogen) atoms. The first-order valence-corrected chi connectivity index (χ1v) is 3.62. The summed E-state index contributed by atoms with van der Waals surface area (Å²) in [4.78, 5) is 7.81. The molecule has 0 aliphatic rings. The molecule has 0 atom stereocenters. The van der Waals surface area contributed by atoms with Crippen molar-refractivity contribution in [2.75, 3.05) is 18.4 Å². The molecule has 0 spiro atoms.